The Labute approximate surface area is 514 Å². The number of likely N-dealkylation sites (N-methyl/N-ethyl adjacent to an activating group) is 7. The summed E-state index contributed by atoms with van der Waals surface area (Å²) in [5.74, 6) is -11.6. The molecule has 0 saturated carbocycles. The molecule has 0 aromatic carbocycles. The molecule has 11 atom stereocenters. The standard InChI is InChI=1S/C63H111N11O12/c1-26-27-28-41(16)53(76)52-57(80)67-49(38(10)11)61(84)68(19)33-48(75)69(20)44(29-34(2)3)56(79)66-50(39(12)13)62(85)70(21)45(30-35(4)5)55(78)64-42(17)54(77)65-43(18)58(81)71(22)46(31-36(6)7)59(82)72(23)47(32-37(8)9)60(83)73(24)51(40(14)15)63(86)74(52)25/h26-27,34-47,49-52H,28-33H2,1-25H3,(H,64,78)(H,65,77)(H,66,79)(H,67,80)/b27-26+/t41?,42-,43-,44+,45+,46+,47+,49-,50-,51-,52?/m1/s1. The average Bonchev–Trinajstić information content (AvgIpc) is 2.16. The van der Waals surface area contributed by atoms with Crippen molar-refractivity contribution < 1.29 is 57.5 Å². The highest BCUT2D eigenvalue weighted by atomic mass is 16.2. The zero-order chi connectivity index (χ0) is 66.8. The maximum absolute atomic E-state index is 15.2. The predicted molar refractivity (Wildman–Crippen MR) is 332 cm³/mol. The molecule has 0 aromatic rings. The van der Waals surface area contributed by atoms with Gasteiger partial charge in [-0.1, -0.05) is 116 Å². The third kappa shape index (κ3) is 21.5. The molecule has 86 heavy (non-hydrogen) atoms. The lowest BCUT2D eigenvalue weighted by Gasteiger charge is -2.41. The molecule has 1 rings (SSSR count). The Bertz CT molecular complexity index is 2410. The number of nitrogens with zero attached hydrogens (tertiary/aromatic N) is 7. The number of nitrogens with one attached hydrogen (secondary N) is 4. The van der Waals surface area contributed by atoms with Crippen LogP contribution in [0.4, 0.5) is 0 Å². The van der Waals surface area contributed by atoms with Gasteiger partial charge in [0.1, 0.15) is 54.4 Å². The molecule has 0 radical (unpaired) electrons. The van der Waals surface area contributed by atoms with E-state index < -0.39 is 161 Å². The van der Waals surface area contributed by atoms with Crippen molar-refractivity contribution >= 4 is 70.8 Å². The lowest BCUT2D eigenvalue weighted by molar-refractivity contribution is -0.157. The lowest BCUT2D eigenvalue weighted by Crippen LogP contribution is -2.63. The smallest absolute Gasteiger partial charge is 0.251 e. The van der Waals surface area contributed by atoms with Crippen LogP contribution in [0.25, 0.3) is 0 Å². The Hall–Kier alpha value is -6.42. The second-order valence-electron chi connectivity index (χ2n) is 26.6. The zero-order valence-corrected chi connectivity index (χ0v) is 56.8. The fraction of sp³-hybridized carbons (Fsp3) is 0.778. The van der Waals surface area contributed by atoms with Gasteiger partial charge >= 0.3 is 0 Å². The summed E-state index contributed by atoms with van der Waals surface area (Å²) in [5, 5.41) is 11.0. The van der Waals surface area contributed by atoms with Crippen molar-refractivity contribution in [1.82, 2.24) is 55.6 Å². The highest BCUT2D eigenvalue weighted by Gasteiger charge is 2.46. The monoisotopic (exact) mass is 1210 g/mol. The van der Waals surface area contributed by atoms with Crippen molar-refractivity contribution in [3.63, 3.8) is 0 Å². The van der Waals surface area contributed by atoms with Crippen LogP contribution < -0.4 is 21.3 Å². The van der Waals surface area contributed by atoms with E-state index in [9.17, 15) is 47.9 Å². The van der Waals surface area contributed by atoms with Gasteiger partial charge in [0.2, 0.25) is 59.1 Å². The van der Waals surface area contributed by atoms with E-state index in [1.54, 1.807) is 67.5 Å². The van der Waals surface area contributed by atoms with Gasteiger partial charge in [-0.25, -0.2) is 0 Å². The molecule has 1 aliphatic rings. The van der Waals surface area contributed by atoms with Gasteiger partial charge in [-0.05, 0) is 94.3 Å². The van der Waals surface area contributed by atoms with Crippen LogP contribution in [0.3, 0.4) is 0 Å². The van der Waals surface area contributed by atoms with Crippen LogP contribution in [0.5, 0.6) is 0 Å². The van der Waals surface area contributed by atoms with Crippen LogP contribution in [0.1, 0.15) is 157 Å². The van der Waals surface area contributed by atoms with Crippen molar-refractivity contribution in [3.05, 3.63) is 12.2 Å². The van der Waals surface area contributed by atoms with Crippen molar-refractivity contribution in [1.29, 1.82) is 0 Å². The first-order valence-electron chi connectivity index (χ1n) is 30.8. The minimum absolute atomic E-state index is 0.128. The Morgan fingerprint density at radius 3 is 1.26 bits per heavy atom. The fourth-order valence-electron chi connectivity index (χ4n) is 10.7. The zero-order valence-electron chi connectivity index (χ0n) is 56.8. The number of ketones is 1. The second-order valence-corrected chi connectivity index (χ2v) is 26.6. The molecule has 23 heteroatoms. The summed E-state index contributed by atoms with van der Waals surface area (Å²) in [6, 6.07) is -12.7. The number of allylic oxidation sites excluding steroid dienone is 2. The molecule has 2 unspecified atom stereocenters. The molecule has 1 saturated heterocycles. The Balaban J connectivity index is 4.37. The topological polar surface area (TPSA) is 276 Å². The van der Waals surface area contributed by atoms with Crippen molar-refractivity contribution in [2.24, 2.45) is 47.3 Å². The first-order valence-corrected chi connectivity index (χ1v) is 30.8. The van der Waals surface area contributed by atoms with Crippen LogP contribution in [0, 0.1) is 47.3 Å². The van der Waals surface area contributed by atoms with E-state index in [1.807, 2.05) is 55.4 Å². The number of carbonyl (C=O) groups is 12. The van der Waals surface area contributed by atoms with E-state index in [-0.39, 0.29) is 55.8 Å². The molecule has 0 bridgehead atoms. The minimum atomic E-state index is -1.82. The maximum Gasteiger partial charge on any atom is 0.251 e. The first-order chi connectivity index (χ1) is 39.6. The lowest BCUT2D eigenvalue weighted by atomic mass is 9.92. The van der Waals surface area contributed by atoms with Crippen molar-refractivity contribution in [2.75, 3.05) is 55.9 Å². The highest BCUT2D eigenvalue weighted by Crippen LogP contribution is 2.25. The molecule has 1 heterocycles. The van der Waals surface area contributed by atoms with E-state index >= 15 is 9.59 Å². The SMILES string of the molecule is C/C=C/CC(C)C(=O)C1C(=O)N[C@H](C(C)C)C(=O)N(C)CC(=O)N(C)[C@@H](CC(C)C)C(=O)N[C@H](C(C)C)C(=O)N(C)[C@@H](CC(C)C)C(=O)N[C@H](C)C(=O)N[C@H](C)C(=O)N(C)[C@@H](CC(C)C)C(=O)N(C)[C@@H](CC(C)C)C(=O)N(C)[C@H](C(C)C)C(=O)N1C. The Morgan fingerprint density at radius 2 is 0.814 bits per heavy atom. The molecule has 23 nitrogen and oxygen atoms in total. The molecule has 1 aliphatic heterocycles. The van der Waals surface area contributed by atoms with Gasteiger partial charge in [0.15, 0.2) is 11.8 Å². The third-order valence-corrected chi connectivity index (χ3v) is 16.1. The quantitative estimate of drug-likeness (QED) is 0.135. The average molecular weight is 1210 g/mol. The number of hydrogen-bond acceptors (Lipinski definition) is 12. The van der Waals surface area contributed by atoms with E-state index in [4.69, 9.17) is 0 Å². The van der Waals surface area contributed by atoms with Gasteiger partial charge in [-0.2, -0.15) is 0 Å². The van der Waals surface area contributed by atoms with Crippen LogP contribution in [-0.4, -0.2) is 221 Å². The van der Waals surface area contributed by atoms with Gasteiger partial charge < -0.3 is 55.6 Å². The summed E-state index contributed by atoms with van der Waals surface area (Å²) in [6.07, 6.45) is 4.28. The number of hydrogen-bond donors (Lipinski definition) is 4. The Kier molecular flexibility index (Phi) is 31.4. The molecule has 4 N–H and O–H groups in total. The molecular weight excluding hydrogens is 1100 g/mol. The second kappa shape index (κ2) is 34.8. The van der Waals surface area contributed by atoms with Gasteiger partial charge in [0.05, 0.1) is 6.54 Å². The van der Waals surface area contributed by atoms with Crippen LogP contribution in [0.15, 0.2) is 12.2 Å². The molecular formula is C63H111N11O12. The number of carbonyl (C=O) groups excluding carboxylic acids is 12. The van der Waals surface area contributed by atoms with Gasteiger partial charge in [0.25, 0.3) is 5.91 Å². The van der Waals surface area contributed by atoms with Crippen LogP contribution in [-0.2, 0) is 57.5 Å². The summed E-state index contributed by atoms with van der Waals surface area (Å²) >= 11 is 0. The van der Waals surface area contributed by atoms with E-state index in [0.717, 1.165) is 9.80 Å². The van der Waals surface area contributed by atoms with E-state index in [0.29, 0.717) is 0 Å². The van der Waals surface area contributed by atoms with E-state index in [1.165, 1.54) is 87.7 Å². The van der Waals surface area contributed by atoms with Crippen LogP contribution >= 0.6 is 0 Å². The summed E-state index contributed by atoms with van der Waals surface area (Å²) in [4.78, 5) is 183. The minimum Gasteiger partial charge on any atom is -0.343 e. The van der Waals surface area contributed by atoms with Gasteiger partial charge in [-0.15, -0.1) is 0 Å². The van der Waals surface area contributed by atoms with Gasteiger partial charge in [-0.3, -0.25) is 57.5 Å². The van der Waals surface area contributed by atoms with E-state index in [2.05, 4.69) is 21.3 Å². The largest absolute Gasteiger partial charge is 0.343 e. The van der Waals surface area contributed by atoms with Crippen molar-refractivity contribution in [2.45, 2.75) is 217 Å². The van der Waals surface area contributed by atoms with Crippen LogP contribution in [0.2, 0.25) is 0 Å². The summed E-state index contributed by atoms with van der Waals surface area (Å²) < 4.78 is 0. The summed E-state index contributed by atoms with van der Waals surface area (Å²) in [5.41, 5.74) is 0. The number of amides is 11. The number of rotatable bonds is 15. The van der Waals surface area contributed by atoms with Gasteiger partial charge in [0, 0.05) is 55.3 Å². The number of Topliss-reactive ketones (excluding diaryl/α,β-unsaturated/α-hetero) is 1. The predicted octanol–water partition coefficient (Wildman–Crippen LogP) is 3.72. The molecule has 0 spiro atoms. The Morgan fingerprint density at radius 1 is 0.430 bits per heavy atom. The molecule has 1 fully saturated rings. The van der Waals surface area contributed by atoms with Crippen molar-refractivity contribution in [3.8, 4) is 0 Å². The summed E-state index contributed by atoms with van der Waals surface area (Å²) in [6.45, 7) is 30.8. The first kappa shape index (κ1) is 77.6. The summed E-state index contributed by atoms with van der Waals surface area (Å²) in [7, 11) is 9.80. The maximum atomic E-state index is 15.2. The molecule has 11 amide bonds. The fourth-order valence-corrected chi connectivity index (χ4v) is 10.7. The highest BCUT2D eigenvalue weighted by molar-refractivity contribution is 6.10. The third-order valence-electron chi connectivity index (χ3n) is 16.1. The molecule has 0 aromatic heterocycles. The molecule has 0 aliphatic carbocycles. The normalized spacial score (nSPS) is 26.4. The molecule has 490 valence electrons.